The first-order valence-corrected chi connectivity index (χ1v) is 13.4. The van der Waals surface area contributed by atoms with E-state index in [-0.39, 0.29) is 29.1 Å². The number of rotatable bonds is 10. The lowest BCUT2D eigenvalue weighted by molar-refractivity contribution is -0.139. The molecule has 0 aliphatic rings. The third kappa shape index (κ3) is 7.16. The van der Waals surface area contributed by atoms with Gasteiger partial charge in [0.1, 0.15) is 18.4 Å². The highest BCUT2D eigenvalue weighted by atomic mass is 32.2. The Morgan fingerprint density at radius 1 is 0.892 bits per heavy atom. The van der Waals surface area contributed by atoms with E-state index in [4.69, 9.17) is 0 Å². The van der Waals surface area contributed by atoms with E-state index in [1.165, 1.54) is 29.2 Å². The van der Waals surface area contributed by atoms with Gasteiger partial charge in [0.25, 0.3) is 10.0 Å². The van der Waals surface area contributed by atoms with Crippen LogP contribution in [0.15, 0.2) is 83.8 Å². The topological polar surface area (TPSA) is 86.8 Å². The minimum Gasteiger partial charge on any atom is -0.352 e. The zero-order valence-corrected chi connectivity index (χ0v) is 22.2. The maximum atomic E-state index is 13.7. The quantitative estimate of drug-likeness (QED) is 0.428. The molecule has 7 nitrogen and oxygen atoms in total. The third-order valence-corrected chi connectivity index (χ3v) is 7.58. The number of carbonyl (C=O) groups is 2. The zero-order valence-electron chi connectivity index (χ0n) is 21.4. The summed E-state index contributed by atoms with van der Waals surface area (Å²) in [7, 11) is -4.19. The number of nitrogens with one attached hydrogen (secondary N) is 1. The van der Waals surface area contributed by atoms with Crippen LogP contribution in [0.5, 0.6) is 0 Å². The smallest absolute Gasteiger partial charge is 0.264 e. The summed E-state index contributed by atoms with van der Waals surface area (Å²) in [5, 5.41) is 2.81. The first-order chi connectivity index (χ1) is 17.5. The van der Waals surface area contributed by atoms with E-state index in [0.29, 0.717) is 0 Å². The molecule has 0 heterocycles. The van der Waals surface area contributed by atoms with Gasteiger partial charge in [-0.15, -0.1) is 0 Å². The second-order valence-corrected chi connectivity index (χ2v) is 11.0. The van der Waals surface area contributed by atoms with Crippen LogP contribution in [0.25, 0.3) is 0 Å². The van der Waals surface area contributed by atoms with Crippen LogP contribution in [-0.2, 0) is 26.2 Å². The highest BCUT2D eigenvalue weighted by molar-refractivity contribution is 7.92. The van der Waals surface area contributed by atoms with Crippen molar-refractivity contribution in [2.45, 2.75) is 51.2 Å². The van der Waals surface area contributed by atoms with Crippen LogP contribution >= 0.6 is 0 Å². The molecule has 1 atom stereocenters. The van der Waals surface area contributed by atoms with Crippen molar-refractivity contribution in [1.29, 1.82) is 0 Å². The Bertz CT molecular complexity index is 1310. The van der Waals surface area contributed by atoms with Gasteiger partial charge in [-0.25, -0.2) is 12.8 Å². The van der Waals surface area contributed by atoms with E-state index in [1.54, 1.807) is 19.1 Å². The second kappa shape index (κ2) is 12.0. The highest BCUT2D eigenvalue weighted by Crippen LogP contribution is 2.25. The average molecular weight is 526 g/mol. The Morgan fingerprint density at radius 3 is 2.05 bits per heavy atom. The van der Waals surface area contributed by atoms with Crippen LogP contribution in [0, 0.1) is 12.7 Å². The molecule has 0 saturated heterocycles. The molecule has 196 valence electrons. The fourth-order valence-corrected chi connectivity index (χ4v) is 5.16. The molecule has 2 amide bonds. The molecule has 0 aromatic heterocycles. The molecule has 1 N–H and O–H groups in total. The molecule has 0 aliphatic carbocycles. The van der Waals surface area contributed by atoms with Gasteiger partial charge >= 0.3 is 0 Å². The van der Waals surface area contributed by atoms with Crippen LogP contribution in [0.3, 0.4) is 0 Å². The van der Waals surface area contributed by atoms with Gasteiger partial charge in [-0.1, -0.05) is 48.0 Å². The lowest BCUT2D eigenvalue weighted by Gasteiger charge is -2.32. The molecule has 3 rings (SSSR count). The maximum Gasteiger partial charge on any atom is 0.264 e. The number of hydrogen-bond donors (Lipinski definition) is 1. The number of nitrogens with zero attached hydrogens (tertiary/aromatic N) is 2. The van der Waals surface area contributed by atoms with E-state index >= 15 is 0 Å². The Labute approximate surface area is 218 Å². The van der Waals surface area contributed by atoms with E-state index < -0.39 is 34.3 Å². The van der Waals surface area contributed by atoms with Gasteiger partial charge in [0.2, 0.25) is 11.8 Å². The molecule has 0 unspecified atom stereocenters. The Morgan fingerprint density at radius 2 is 1.49 bits per heavy atom. The second-order valence-electron chi connectivity index (χ2n) is 9.15. The summed E-state index contributed by atoms with van der Waals surface area (Å²) in [4.78, 5) is 27.9. The Balaban J connectivity index is 2.01. The third-order valence-electron chi connectivity index (χ3n) is 5.80. The van der Waals surface area contributed by atoms with Crippen LogP contribution in [-0.4, -0.2) is 43.8 Å². The number of amides is 2. The number of carbonyl (C=O) groups excluding carboxylic acids is 2. The minimum absolute atomic E-state index is 0.00423. The lowest BCUT2D eigenvalue weighted by atomic mass is 10.1. The van der Waals surface area contributed by atoms with Crippen molar-refractivity contribution in [2.24, 2.45) is 0 Å². The van der Waals surface area contributed by atoms with E-state index in [9.17, 15) is 22.4 Å². The number of halogens is 1. The molecule has 3 aromatic rings. The summed E-state index contributed by atoms with van der Waals surface area (Å²) >= 11 is 0. The summed E-state index contributed by atoms with van der Waals surface area (Å²) in [6.07, 6.45) is 0. The fourth-order valence-electron chi connectivity index (χ4n) is 3.74. The van der Waals surface area contributed by atoms with Crippen LogP contribution in [0.1, 0.15) is 31.9 Å². The van der Waals surface area contributed by atoms with Crippen molar-refractivity contribution < 1.29 is 22.4 Å². The summed E-state index contributed by atoms with van der Waals surface area (Å²) in [5.41, 5.74) is 1.80. The van der Waals surface area contributed by atoms with Crippen molar-refractivity contribution in [3.05, 3.63) is 95.8 Å². The van der Waals surface area contributed by atoms with Gasteiger partial charge < -0.3 is 10.2 Å². The van der Waals surface area contributed by atoms with Gasteiger partial charge in [0.15, 0.2) is 0 Å². The van der Waals surface area contributed by atoms with Crippen molar-refractivity contribution in [2.75, 3.05) is 10.8 Å². The molecule has 3 aromatic carbocycles. The molecule has 0 fully saturated rings. The normalized spacial score (nSPS) is 12.2. The van der Waals surface area contributed by atoms with Crippen molar-refractivity contribution in [3.8, 4) is 0 Å². The number of aryl methyl sites for hydroxylation is 1. The monoisotopic (exact) mass is 525 g/mol. The molecule has 0 bridgehead atoms. The summed E-state index contributed by atoms with van der Waals surface area (Å²) < 4.78 is 42.0. The largest absolute Gasteiger partial charge is 0.352 e. The van der Waals surface area contributed by atoms with Gasteiger partial charge in [0.05, 0.1) is 10.6 Å². The number of sulfonamides is 1. The van der Waals surface area contributed by atoms with Crippen molar-refractivity contribution in [1.82, 2.24) is 10.2 Å². The number of anilines is 1. The van der Waals surface area contributed by atoms with Crippen LogP contribution in [0.4, 0.5) is 10.1 Å². The molecular weight excluding hydrogens is 493 g/mol. The Hall–Kier alpha value is -3.72. The SMILES string of the molecule is Cc1ccc(S(=O)(=O)N(CC(=O)N(Cc2ccccc2)[C@H](C)C(=O)NC(C)C)c2ccc(F)cc2)cc1. The van der Waals surface area contributed by atoms with Gasteiger partial charge in [-0.05, 0) is 69.7 Å². The summed E-state index contributed by atoms with van der Waals surface area (Å²) in [6.45, 7) is 6.61. The first-order valence-electron chi connectivity index (χ1n) is 12.0. The molecule has 0 aliphatic heterocycles. The van der Waals surface area contributed by atoms with Crippen molar-refractivity contribution in [3.63, 3.8) is 0 Å². The summed E-state index contributed by atoms with van der Waals surface area (Å²) in [5.74, 6) is -1.46. The number of hydrogen-bond acceptors (Lipinski definition) is 4. The zero-order chi connectivity index (χ0) is 27.2. The molecule has 0 radical (unpaired) electrons. The minimum atomic E-state index is -4.19. The lowest BCUT2D eigenvalue weighted by Crippen LogP contribution is -2.52. The fraction of sp³-hybridized carbons (Fsp3) is 0.286. The molecular formula is C28H32FN3O4S. The predicted octanol–water partition coefficient (Wildman–Crippen LogP) is 4.27. The van der Waals surface area contributed by atoms with Gasteiger partial charge in [-0.3, -0.25) is 13.9 Å². The summed E-state index contributed by atoms with van der Waals surface area (Å²) in [6, 6.07) is 19.3. The predicted molar refractivity (Wildman–Crippen MR) is 142 cm³/mol. The molecule has 37 heavy (non-hydrogen) atoms. The van der Waals surface area contributed by atoms with E-state index in [0.717, 1.165) is 27.6 Å². The van der Waals surface area contributed by atoms with Crippen LogP contribution in [0.2, 0.25) is 0 Å². The maximum absolute atomic E-state index is 13.7. The van der Waals surface area contributed by atoms with Crippen molar-refractivity contribution >= 4 is 27.5 Å². The number of benzene rings is 3. The Kier molecular flexibility index (Phi) is 9.04. The standard InChI is InChI=1S/C28H32FN3O4S/c1-20(2)30-28(34)22(4)31(18-23-8-6-5-7-9-23)27(33)19-32(25-14-12-24(29)13-15-25)37(35,36)26-16-10-21(3)11-17-26/h5-17,20,22H,18-19H2,1-4H3,(H,30,34)/t22-/m1/s1. The molecule has 9 heteroatoms. The van der Waals surface area contributed by atoms with Crippen LogP contribution < -0.4 is 9.62 Å². The molecule has 0 spiro atoms. The molecule has 0 saturated carbocycles. The first kappa shape index (κ1) is 27.9. The highest BCUT2D eigenvalue weighted by Gasteiger charge is 2.32. The van der Waals surface area contributed by atoms with Gasteiger partial charge in [-0.2, -0.15) is 0 Å². The van der Waals surface area contributed by atoms with E-state index in [2.05, 4.69) is 5.32 Å². The average Bonchev–Trinajstić information content (AvgIpc) is 2.86. The van der Waals surface area contributed by atoms with E-state index in [1.807, 2.05) is 51.1 Å². The van der Waals surface area contributed by atoms with Gasteiger partial charge in [0, 0.05) is 12.6 Å².